The number of amides is 2. The quantitative estimate of drug-likeness (QED) is 0.785. The number of carbonyl (C=O) groups is 2. The van der Waals surface area contributed by atoms with E-state index in [9.17, 15) is 9.59 Å². The van der Waals surface area contributed by atoms with Crippen molar-refractivity contribution >= 4 is 39.3 Å². The van der Waals surface area contributed by atoms with Gasteiger partial charge >= 0.3 is 0 Å². The van der Waals surface area contributed by atoms with Gasteiger partial charge in [-0.15, -0.1) is 0 Å². The number of hydrogen-bond acceptors (Lipinski definition) is 2. The first-order valence-electron chi connectivity index (χ1n) is 5.53. The predicted molar refractivity (Wildman–Crippen MR) is 74.5 cm³/mol. The van der Waals surface area contributed by atoms with Crippen molar-refractivity contribution in [1.82, 2.24) is 5.32 Å². The third-order valence-electron chi connectivity index (χ3n) is 2.33. The molecule has 1 aromatic rings. The summed E-state index contributed by atoms with van der Waals surface area (Å²) < 4.78 is 0.686. The zero-order chi connectivity index (χ0) is 13.5. The van der Waals surface area contributed by atoms with Crippen LogP contribution in [0.4, 0.5) is 0 Å². The molecule has 0 saturated carbocycles. The molecule has 6 heteroatoms. The third kappa shape index (κ3) is 4.66. The monoisotopic (exact) mass is 332 g/mol. The number of primary amides is 1. The summed E-state index contributed by atoms with van der Waals surface area (Å²) in [6, 6.07) is 5.18. The lowest BCUT2D eigenvalue weighted by molar-refractivity contribution is -0.118. The lowest BCUT2D eigenvalue weighted by Crippen LogP contribution is -2.25. The van der Waals surface area contributed by atoms with Gasteiger partial charge in [-0.3, -0.25) is 9.59 Å². The molecule has 0 heterocycles. The second-order valence-corrected chi connectivity index (χ2v) is 5.01. The Bertz CT molecular complexity index is 452. The summed E-state index contributed by atoms with van der Waals surface area (Å²) in [5.41, 5.74) is 5.44. The number of hydrogen-bond donors (Lipinski definition) is 2. The SMILES string of the molecule is NC(=O)CCCCNC(=O)c1cccc(Br)c1Cl. The molecule has 1 aromatic carbocycles. The third-order valence-corrected chi connectivity index (χ3v) is 3.63. The summed E-state index contributed by atoms with van der Waals surface area (Å²) in [6.07, 6.45) is 1.72. The molecule has 0 fully saturated rings. The van der Waals surface area contributed by atoms with Crippen LogP contribution in [-0.2, 0) is 4.79 Å². The second-order valence-electron chi connectivity index (χ2n) is 3.78. The van der Waals surface area contributed by atoms with E-state index in [1.807, 2.05) is 0 Å². The number of unbranched alkanes of at least 4 members (excludes halogenated alkanes) is 1. The van der Waals surface area contributed by atoms with Gasteiger partial charge in [0.1, 0.15) is 0 Å². The minimum atomic E-state index is -0.323. The van der Waals surface area contributed by atoms with Gasteiger partial charge in [0.25, 0.3) is 5.91 Å². The Labute approximate surface area is 119 Å². The highest BCUT2D eigenvalue weighted by atomic mass is 79.9. The molecule has 0 aliphatic heterocycles. The lowest BCUT2D eigenvalue weighted by Gasteiger charge is -2.07. The Morgan fingerprint density at radius 2 is 2.06 bits per heavy atom. The van der Waals surface area contributed by atoms with Crippen molar-refractivity contribution in [3.8, 4) is 0 Å². The fourth-order valence-corrected chi connectivity index (χ4v) is 1.98. The summed E-state index contributed by atoms with van der Waals surface area (Å²) in [6.45, 7) is 0.495. The van der Waals surface area contributed by atoms with Crippen LogP contribution in [0.25, 0.3) is 0 Å². The molecule has 0 saturated heterocycles. The topological polar surface area (TPSA) is 72.2 Å². The largest absolute Gasteiger partial charge is 0.370 e. The van der Waals surface area contributed by atoms with E-state index in [0.29, 0.717) is 40.9 Å². The van der Waals surface area contributed by atoms with Crippen LogP contribution in [0, 0.1) is 0 Å². The van der Waals surface area contributed by atoms with Crippen LogP contribution >= 0.6 is 27.5 Å². The van der Waals surface area contributed by atoms with Gasteiger partial charge in [0, 0.05) is 17.4 Å². The second kappa shape index (κ2) is 7.38. The van der Waals surface area contributed by atoms with Crippen LogP contribution in [0.1, 0.15) is 29.6 Å². The maximum atomic E-state index is 11.8. The molecule has 2 amide bonds. The molecule has 3 N–H and O–H groups in total. The van der Waals surface area contributed by atoms with Gasteiger partial charge < -0.3 is 11.1 Å². The maximum Gasteiger partial charge on any atom is 0.252 e. The Hall–Kier alpha value is -1.07. The Morgan fingerprint density at radius 3 is 2.72 bits per heavy atom. The fraction of sp³-hybridized carbons (Fsp3) is 0.333. The van der Waals surface area contributed by atoms with Crippen molar-refractivity contribution in [1.29, 1.82) is 0 Å². The summed E-state index contributed by atoms with van der Waals surface area (Å²) in [4.78, 5) is 22.3. The van der Waals surface area contributed by atoms with Crippen LogP contribution in [0.3, 0.4) is 0 Å². The number of benzene rings is 1. The van der Waals surface area contributed by atoms with E-state index in [1.54, 1.807) is 18.2 Å². The molecule has 0 unspecified atom stereocenters. The number of nitrogens with one attached hydrogen (secondary N) is 1. The van der Waals surface area contributed by atoms with E-state index in [-0.39, 0.29) is 11.8 Å². The first kappa shape index (κ1) is 15.0. The van der Waals surface area contributed by atoms with Gasteiger partial charge in [-0.1, -0.05) is 17.7 Å². The summed E-state index contributed by atoms with van der Waals surface area (Å²) in [7, 11) is 0. The lowest BCUT2D eigenvalue weighted by atomic mass is 10.2. The fourth-order valence-electron chi connectivity index (χ4n) is 1.40. The minimum absolute atomic E-state index is 0.222. The molecule has 18 heavy (non-hydrogen) atoms. The molecule has 4 nitrogen and oxygen atoms in total. The van der Waals surface area contributed by atoms with E-state index in [4.69, 9.17) is 17.3 Å². The van der Waals surface area contributed by atoms with E-state index in [0.717, 1.165) is 0 Å². The zero-order valence-electron chi connectivity index (χ0n) is 9.71. The van der Waals surface area contributed by atoms with Crippen LogP contribution in [0.2, 0.25) is 5.02 Å². The van der Waals surface area contributed by atoms with Crippen molar-refractivity contribution in [2.75, 3.05) is 6.54 Å². The predicted octanol–water partition coefficient (Wildman–Crippen LogP) is 2.49. The van der Waals surface area contributed by atoms with Crippen LogP contribution in [0.15, 0.2) is 22.7 Å². The van der Waals surface area contributed by atoms with Crippen molar-refractivity contribution in [3.63, 3.8) is 0 Å². The summed E-state index contributed by atoms with van der Waals surface area (Å²) in [5, 5.41) is 3.14. The highest BCUT2D eigenvalue weighted by Gasteiger charge is 2.11. The van der Waals surface area contributed by atoms with Crippen LogP contribution in [0.5, 0.6) is 0 Å². The van der Waals surface area contributed by atoms with E-state index in [2.05, 4.69) is 21.2 Å². The Balaban J connectivity index is 2.41. The summed E-state index contributed by atoms with van der Waals surface area (Å²) in [5.74, 6) is -0.545. The van der Waals surface area contributed by atoms with Gasteiger partial charge in [0.2, 0.25) is 5.91 Å². The van der Waals surface area contributed by atoms with Gasteiger partial charge in [-0.05, 0) is 40.9 Å². The van der Waals surface area contributed by atoms with Gasteiger partial charge in [-0.2, -0.15) is 0 Å². The highest BCUT2D eigenvalue weighted by molar-refractivity contribution is 9.10. The number of nitrogens with two attached hydrogens (primary N) is 1. The van der Waals surface area contributed by atoms with Gasteiger partial charge in [0.15, 0.2) is 0 Å². The van der Waals surface area contributed by atoms with Crippen molar-refractivity contribution in [2.45, 2.75) is 19.3 Å². The molecule has 0 aliphatic carbocycles. The molecular formula is C12H14BrClN2O2. The van der Waals surface area contributed by atoms with E-state index in [1.165, 1.54) is 0 Å². The number of halogens is 2. The average molecular weight is 334 g/mol. The molecular weight excluding hydrogens is 320 g/mol. The Morgan fingerprint density at radius 1 is 1.33 bits per heavy atom. The van der Waals surface area contributed by atoms with E-state index >= 15 is 0 Å². The van der Waals surface area contributed by atoms with Crippen LogP contribution in [-0.4, -0.2) is 18.4 Å². The zero-order valence-corrected chi connectivity index (χ0v) is 12.1. The molecule has 0 spiro atoms. The molecule has 0 bridgehead atoms. The first-order valence-corrected chi connectivity index (χ1v) is 6.70. The molecule has 0 aromatic heterocycles. The first-order chi connectivity index (χ1) is 8.52. The van der Waals surface area contributed by atoms with Crippen molar-refractivity contribution in [2.24, 2.45) is 5.73 Å². The summed E-state index contributed by atoms with van der Waals surface area (Å²) >= 11 is 9.26. The molecule has 0 aliphatic rings. The standard InChI is InChI=1S/C12H14BrClN2O2/c13-9-5-3-4-8(11(9)14)12(18)16-7-2-1-6-10(15)17/h3-5H,1-2,6-7H2,(H2,15,17)(H,16,18). The molecule has 98 valence electrons. The van der Waals surface area contributed by atoms with Crippen LogP contribution < -0.4 is 11.1 Å². The van der Waals surface area contributed by atoms with E-state index < -0.39 is 0 Å². The van der Waals surface area contributed by atoms with Gasteiger partial charge in [-0.25, -0.2) is 0 Å². The number of carbonyl (C=O) groups excluding carboxylic acids is 2. The minimum Gasteiger partial charge on any atom is -0.370 e. The molecule has 1 rings (SSSR count). The highest BCUT2D eigenvalue weighted by Crippen LogP contribution is 2.25. The van der Waals surface area contributed by atoms with Gasteiger partial charge in [0.05, 0.1) is 10.6 Å². The van der Waals surface area contributed by atoms with Crippen molar-refractivity contribution in [3.05, 3.63) is 33.3 Å². The normalized spacial score (nSPS) is 10.1. The average Bonchev–Trinajstić information content (AvgIpc) is 2.31. The molecule has 0 atom stereocenters. The smallest absolute Gasteiger partial charge is 0.252 e. The van der Waals surface area contributed by atoms with Crippen molar-refractivity contribution < 1.29 is 9.59 Å². The Kier molecular flexibility index (Phi) is 6.15. The maximum absolute atomic E-state index is 11.8. The molecule has 0 radical (unpaired) electrons. The number of rotatable bonds is 6.